The van der Waals surface area contributed by atoms with Gasteiger partial charge in [-0.25, -0.2) is 0 Å². The second kappa shape index (κ2) is 17.5. The van der Waals surface area contributed by atoms with Gasteiger partial charge in [-0.1, -0.05) is 45.3 Å². The molecule has 210 valence electrons. The number of hydrogen-bond acceptors (Lipinski definition) is 6. The maximum absolute atomic E-state index is 11.0. The number of unbranched alkanes of at least 4 members (excludes halogenated alkanes) is 3. The Labute approximate surface area is 218 Å². The van der Waals surface area contributed by atoms with Crippen LogP contribution in [0.4, 0.5) is 0 Å². The molecule has 7 heteroatoms. The molecule has 0 spiro atoms. The summed E-state index contributed by atoms with van der Waals surface area (Å²) >= 11 is 0. The van der Waals surface area contributed by atoms with Crippen molar-refractivity contribution in [3.05, 3.63) is 12.2 Å². The van der Waals surface area contributed by atoms with Crippen molar-refractivity contribution in [2.24, 2.45) is 17.3 Å². The van der Waals surface area contributed by atoms with Gasteiger partial charge in [-0.05, 0) is 75.0 Å². The molecule has 0 aromatic rings. The third-order valence-corrected chi connectivity index (χ3v) is 7.95. The molecule has 0 bridgehead atoms. The van der Waals surface area contributed by atoms with Crippen molar-refractivity contribution in [3.8, 4) is 0 Å². The number of aliphatic hydroxyl groups excluding tert-OH is 2. The molecule has 1 aliphatic heterocycles. The summed E-state index contributed by atoms with van der Waals surface area (Å²) < 4.78 is 18.1. The maximum atomic E-state index is 11.0. The van der Waals surface area contributed by atoms with Gasteiger partial charge in [0.15, 0.2) is 6.29 Å². The highest BCUT2D eigenvalue weighted by Gasteiger charge is 2.44. The van der Waals surface area contributed by atoms with E-state index < -0.39 is 12.1 Å². The predicted octanol–water partition coefficient (Wildman–Crippen LogP) is 5.47. The van der Waals surface area contributed by atoms with E-state index in [1.165, 1.54) is 19.3 Å². The van der Waals surface area contributed by atoms with Crippen LogP contribution in [-0.4, -0.2) is 66.2 Å². The summed E-state index contributed by atoms with van der Waals surface area (Å²) in [7, 11) is 0. The highest BCUT2D eigenvalue weighted by atomic mass is 16.7. The van der Waals surface area contributed by atoms with Crippen LogP contribution in [0.25, 0.3) is 0 Å². The van der Waals surface area contributed by atoms with E-state index in [4.69, 9.17) is 19.3 Å². The SMILES string of the molecule is CCCCCC(C)(CCC1C(OC2CCCCO2)C[C@H](O)C1C/C=C\CCCC(=O)O)COCCO. The highest BCUT2D eigenvalue weighted by Crippen LogP contribution is 2.43. The van der Waals surface area contributed by atoms with Gasteiger partial charge in [-0.15, -0.1) is 0 Å². The molecule has 3 N–H and O–H groups in total. The largest absolute Gasteiger partial charge is 0.481 e. The van der Waals surface area contributed by atoms with E-state index in [2.05, 4.69) is 26.0 Å². The standard InChI is InChI=1S/C29H52O7/c1-3-4-10-16-29(2,22-34-20-18-30)17-15-24-23(12-7-5-6-8-13-27(32)33)25(31)21-26(24)36-28-14-9-11-19-35-28/h5,7,23-26,28,30-31H,3-4,6,8-22H2,1-2H3,(H,32,33)/b7-5-/t23?,24?,25-,26?,28?,29?/m0/s1. The van der Waals surface area contributed by atoms with Crippen LogP contribution in [0.15, 0.2) is 12.2 Å². The van der Waals surface area contributed by atoms with E-state index in [9.17, 15) is 15.0 Å². The molecule has 1 saturated carbocycles. The van der Waals surface area contributed by atoms with Crippen molar-refractivity contribution in [3.63, 3.8) is 0 Å². The minimum Gasteiger partial charge on any atom is -0.481 e. The van der Waals surface area contributed by atoms with Gasteiger partial charge in [-0.2, -0.15) is 0 Å². The van der Waals surface area contributed by atoms with Crippen LogP contribution >= 0.6 is 0 Å². The topological polar surface area (TPSA) is 105 Å². The Morgan fingerprint density at radius 3 is 2.67 bits per heavy atom. The Balaban J connectivity index is 2.04. The van der Waals surface area contributed by atoms with Crippen LogP contribution < -0.4 is 0 Å². The van der Waals surface area contributed by atoms with E-state index in [-0.39, 0.29) is 42.7 Å². The van der Waals surface area contributed by atoms with Crippen molar-refractivity contribution >= 4 is 5.97 Å². The van der Waals surface area contributed by atoms with E-state index in [1.807, 2.05) is 0 Å². The molecule has 7 nitrogen and oxygen atoms in total. The molecule has 2 rings (SSSR count). The van der Waals surface area contributed by atoms with Gasteiger partial charge in [0, 0.05) is 19.4 Å². The molecule has 2 aliphatic rings. The van der Waals surface area contributed by atoms with E-state index >= 15 is 0 Å². The van der Waals surface area contributed by atoms with Crippen LogP contribution in [-0.2, 0) is 19.0 Å². The zero-order valence-electron chi connectivity index (χ0n) is 22.7. The molecule has 36 heavy (non-hydrogen) atoms. The lowest BCUT2D eigenvalue weighted by Gasteiger charge is -2.34. The monoisotopic (exact) mass is 512 g/mol. The van der Waals surface area contributed by atoms with Gasteiger partial charge in [0.25, 0.3) is 0 Å². The fraction of sp³-hybridized carbons (Fsp3) is 0.897. The van der Waals surface area contributed by atoms with Gasteiger partial charge in [0.2, 0.25) is 0 Å². The fourth-order valence-electron chi connectivity index (χ4n) is 5.76. The second-order valence-electron chi connectivity index (χ2n) is 11.2. The summed E-state index contributed by atoms with van der Waals surface area (Å²) in [5.74, 6) is -0.408. The van der Waals surface area contributed by atoms with Crippen molar-refractivity contribution in [1.82, 2.24) is 0 Å². The maximum Gasteiger partial charge on any atom is 0.303 e. The smallest absolute Gasteiger partial charge is 0.303 e. The van der Waals surface area contributed by atoms with Crippen LogP contribution in [0.1, 0.15) is 104 Å². The first-order valence-corrected chi connectivity index (χ1v) is 14.4. The Kier molecular flexibility index (Phi) is 15.2. The quantitative estimate of drug-likeness (QED) is 0.156. The number of carboxylic acids is 1. The number of rotatable bonds is 19. The predicted molar refractivity (Wildman–Crippen MR) is 141 cm³/mol. The molecule has 0 amide bonds. The molecule has 2 fully saturated rings. The van der Waals surface area contributed by atoms with Gasteiger partial charge < -0.3 is 29.5 Å². The number of allylic oxidation sites excluding steroid dienone is 2. The zero-order valence-corrected chi connectivity index (χ0v) is 22.7. The number of ether oxygens (including phenoxy) is 3. The Hall–Kier alpha value is -0.990. The lowest BCUT2D eigenvalue weighted by Crippen LogP contribution is -2.33. The van der Waals surface area contributed by atoms with Crippen molar-refractivity contribution < 1.29 is 34.3 Å². The van der Waals surface area contributed by atoms with Gasteiger partial charge >= 0.3 is 5.97 Å². The molecule has 1 heterocycles. The average Bonchev–Trinajstić information content (AvgIpc) is 3.14. The van der Waals surface area contributed by atoms with E-state index in [0.29, 0.717) is 26.1 Å². The second-order valence-corrected chi connectivity index (χ2v) is 11.2. The number of hydrogen-bond donors (Lipinski definition) is 3. The fourth-order valence-corrected chi connectivity index (χ4v) is 5.76. The summed E-state index contributed by atoms with van der Waals surface area (Å²) in [5.41, 5.74) is 0.0288. The summed E-state index contributed by atoms with van der Waals surface area (Å²) in [6.07, 6.45) is 16.2. The summed E-state index contributed by atoms with van der Waals surface area (Å²) in [6, 6.07) is 0. The Bertz CT molecular complexity index is 607. The molecule has 0 aromatic carbocycles. The number of aliphatic carboxylic acids is 1. The number of carbonyl (C=O) groups is 1. The minimum absolute atomic E-state index is 0.0215. The van der Waals surface area contributed by atoms with Crippen molar-refractivity contribution in [2.45, 2.75) is 122 Å². The average molecular weight is 513 g/mol. The van der Waals surface area contributed by atoms with Crippen LogP contribution in [0.3, 0.4) is 0 Å². The molecular weight excluding hydrogens is 460 g/mol. The van der Waals surface area contributed by atoms with Crippen LogP contribution in [0.5, 0.6) is 0 Å². The number of aliphatic hydroxyl groups is 2. The summed E-state index contributed by atoms with van der Waals surface area (Å²) in [6.45, 7) is 6.30. The zero-order chi connectivity index (χ0) is 26.2. The van der Waals surface area contributed by atoms with E-state index in [0.717, 1.165) is 58.0 Å². The molecule has 5 unspecified atom stereocenters. The molecule has 1 aliphatic carbocycles. The lowest BCUT2D eigenvalue weighted by atomic mass is 9.76. The molecule has 1 saturated heterocycles. The minimum atomic E-state index is -0.760. The molecule has 6 atom stereocenters. The Morgan fingerprint density at radius 2 is 1.97 bits per heavy atom. The van der Waals surface area contributed by atoms with Crippen LogP contribution in [0.2, 0.25) is 0 Å². The first-order chi connectivity index (χ1) is 17.4. The van der Waals surface area contributed by atoms with Crippen molar-refractivity contribution in [2.75, 3.05) is 26.4 Å². The van der Waals surface area contributed by atoms with Gasteiger partial charge in [0.05, 0.1) is 32.0 Å². The van der Waals surface area contributed by atoms with Crippen molar-refractivity contribution in [1.29, 1.82) is 0 Å². The van der Waals surface area contributed by atoms with Gasteiger partial charge in [-0.3, -0.25) is 4.79 Å². The number of carboxylic acid groups (broad SMARTS) is 1. The first kappa shape index (κ1) is 31.2. The third kappa shape index (κ3) is 11.6. The Morgan fingerprint density at radius 1 is 1.14 bits per heavy atom. The molecule has 0 radical (unpaired) electrons. The first-order valence-electron chi connectivity index (χ1n) is 14.4. The van der Waals surface area contributed by atoms with E-state index in [1.54, 1.807) is 0 Å². The molecule has 0 aromatic heterocycles. The van der Waals surface area contributed by atoms with Gasteiger partial charge in [0.1, 0.15) is 0 Å². The molecular formula is C29H52O7. The third-order valence-electron chi connectivity index (χ3n) is 7.95. The van der Waals surface area contributed by atoms with Crippen LogP contribution in [0, 0.1) is 17.3 Å². The summed E-state index contributed by atoms with van der Waals surface area (Å²) in [4.78, 5) is 10.7. The highest BCUT2D eigenvalue weighted by molar-refractivity contribution is 5.66. The normalized spacial score (nSPS) is 28.5. The lowest BCUT2D eigenvalue weighted by molar-refractivity contribution is -0.196. The summed E-state index contributed by atoms with van der Waals surface area (Å²) in [5, 5.41) is 29.0.